The minimum atomic E-state index is -2.99. The minimum absolute atomic E-state index is 0.0186. The molecule has 1 aromatic heterocycles. The average molecular weight is 458 g/mol. The molecule has 2 heterocycles. The largest absolute Gasteiger partial charge is 0.434 e. The third-order valence-corrected chi connectivity index (χ3v) is 5.55. The molecule has 0 radical (unpaired) electrons. The number of aromatic nitrogens is 2. The van der Waals surface area contributed by atoms with Crippen LogP contribution in [0.15, 0.2) is 47.6 Å². The molecule has 0 saturated heterocycles. The summed E-state index contributed by atoms with van der Waals surface area (Å²) in [5.41, 5.74) is 7.77. The molecule has 33 heavy (non-hydrogen) atoms. The van der Waals surface area contributed by atoms with Crippen molar-refractivity contribution < 1.29 is 23.0 Å². The highest BCUT2D eigenvalue weighted by Gasteiger charge is 2.36. The molecule has 6 nitrogen and oxygen atoms in total. The zero-order valence-corrected chi connectivity index (χ0v) is 18.3. The van der Waals surface area contributed by atoms with Crippen LogP contribution in [0.2, 0.25) is 0 Å². The van der Waals surface area contributed by atoms with Gasteiger partial charge in [-0.05, 0) is 18.1 Å². The number of rotatable bonds is 7. The van der Waals surface area contributed by atoms with Gasteiger partial charge in [0.2, 0.25) is 0 Å². The van der Waals surface area contributed by atoms with Gasteiger partial charge in [-0.3, -0.25) is 4.99 Å². The van der Waals surface area contributed by atoms with E-state index in [2.05, 4.69) is 9.98 Å². The Hall–Kier alpha value is -3.33. The fraction of sp³-hybridized carbons (Fsp3) is 0.333. The second-order valence-electron chi connectivity index (χ2n) is 8.35. The van der Waals surface area contributed by atoms with E-state index in [1.807, 2.05) is 13.8 Å². The number of nitrogens with zero attached hydrogens (tertiary/aromatic N) is 3. The molecule has 1 aliphatic rings. The van der Waals surface area contributed by atoms with Gasteiger partial charge < -0.3 is 20.1 Å². The number of aliphatic hydroxyl groups excluding tert-OH is 1. The van der Waals surface area contributed by atoms with Crippen LogP contribution < -0.4 is 10.5 Å². The molecule has 3 aromatic rings. The van der Waals surface area contributed by atoms with E-state index in [0.717, 1.165) is 0 Å². The maximum absolute atomic E-state index is 15.0. The van der Waals surface area contributed by atoms with Crippen LogP contribution in [0.25, 0.3) is 16.6 Å². The summed E-state index contributed by atoms with van der Waals surface area (Å²) in [6, 6.07) is 8.79. The number of hydrogen-bond donors (Lipinski definition) is 2. The summed E-state index contributed by atoms with van der Waals surface area (Å²) >= 11 is 0. The summed E-state index contributed by atoms with van der Waals surface area (Å²) in [4.78, 5) is 8.74. The summed E-state index contributed by atoms with van der Waals surface area (Å²) < 4.78 is 47.3. The van der Waals surface area contributed by atoms with Crippen LogP contribution >= 0.6 is 0 Å². The van der Waals surface area contributed by atoms with Crippen molar-refractivity contribution in [1.82, 2.24) is 9.55 Å². The van der Waals surface area contributed by atoms with Gasteiger partial charge in [-0.2, -0.15) is 8.78 Å². The van der Waals surface area contributed by atoms with Crippen molar-refractivity contribution in [3.63, 3.8) is 0 Å². The zero-order chi connectivity index (χ0) is 23.7. The number of alkyl halides is 2. The molecule has 2 atom stereocenters. The molecule has 2 aromatic carbocycles. The Morgan fingerprint density at radius 2 is 2.09 bits per heavy atom. The van der Waals surface area contributed by atoms with Gasteiger partial charge in [0, 0.05) is 48.1 Å². The van der Waals surface area contributed by atoms with E-state index in [4.69, 9.17) is 10.5 Å². The molecule has 0 amide bonds. The summed E-state index contributed by atoms with van der Waals surface area (Å²) in [7, 11) is 0. The van der Waals surface area contributed by atoms with Gasteiger partial charge in [-0.25, -0.2) is 9.37 Å². The van der Waals surface area contributed by atoms with E-state index in [1.54, 1.807) is 28.8 Å². The van der Waals surface area contributed by atoms with Crippen molar-refractivity contribution >= 4 is 22.8 Å². The predicted molar refractivity (Wildman–Crippen MR) is 121 cm³/mol. The number of fused-ring (bicyclic) bond motifs is 3. The highest BCUT2D eigenvalue weighted by Crippen LogP contribution is 2.44. The van der Waals surface area contributed by atoms with E-state index in [1.165, 1.54) is 24.5 Å². The van der Waals surface area contributed by atoms with Crippen molar-refractivity contribution in [3.05, 3.63) is 65.4 Å². The lowest BCUT2D eigenvalue weighted by Gasteiger charge is -2.19. The number of aliphatic imine (C=N–C) groups is 1. The standard InChI is InChI=1S/C24H25F3N4O2/c1-13(2)11-29-12-14(10-28)16-7-20-18(8-17(16)25)30-23-21(32)9-19(31(20)23)15-5-3-4-6-22(15)33-24(26)27/h3-8,10,12-13,19,21,24,32H,9,11,28H2,1-2H3/t19-,21-/m1/s1. The molecule has 0 spiro atoms. The fourth-order valence-corrected chi connectivity index (χ4v) is 4.13. The molecule has 1 aliphatic heterocycles. The molecule has 9 heteroatoms. The topological polar surface area (TPSA) is 85.7 Å². The molecule has 0 fully saturated rings. The first-order valence-corrected chi connectivity index (χ1v) is 10.7. The van der Waals surface area contributed by atoms with E-state index in [-0.39, 0.29) is 17.7 Å². The number of hydrogen-bond acceptors (Lipinski definition) is 5. The van der Waals surface area contributed by atoms with Gasteiger partial charge in [0.15, 0.2) is 0 Å². The Bertz CT molecular complexity index is 1220. The van der Waals surface area contributed by atoms with Crippen LogP contribution in [-0.2, 0) is 0 Å². The maximum atomic E-state index is 15.0. The molecule has 174 valence electrons. The number of para-hydroxylation sites is 1. The van der Waals surface area contributed by atoms with Crippen LogP contribution in [0.1, 0.15) is 49.4 Å². The lowest BCUT2D eigenvalue weighted by atomic mass is 10.0. The number of allylic oxidation sites excluding steroid dienone is 1. The van der Waals surface area contributed by atoms with Crippen molar-refractivity contribution in [3.8, 4) is 5.75 Å². The normalized spacial score (nSPS) is 18.7. The summed E-state index contributed by atoms with van der Waals surface area (Å²) in [6.45, 7) is 1.62. The summed E-state index contributed by atoms with van der Waals surface area (Å²) in [5, 5.41) is 10.6. The fourth-order valence-electron chi connectivity index (χ4n) is 4.13. The molecule has 0 saturated carbocycles. The summed E-state index contributed by atoms with van der Waals surface area (Å²) in [5.74, 6) is 0.165. The highest BCUT2D eigenvalue weighted by molar-refractivity contribution is 6.10. The second kappa shape index (κ2) is 9.27. The monoisotopic (exact) mass is 458 g/mol. The van der Waals surface area contributed by atoms with Crippen molar-refractivity contribution in [2.24, 2.45) is 16.6 Å². The molecular weight excluding hydrogens is 433 g/mol. The highest BCUT2D eigenvalue weighted by atomic mass is 19.3. The second-order valence-corrected chi connectivity index (χ2v) is 8.35. The first kappa shape index (κ1) is 22.8. The zero-order valence-electron chi connectivity index (χ0n) is 18.3. The van der Waals surface area contributed by atoms with E-state index >= 15 is 0 Å². The van der Waals surface area contributed by atoms with Crippen LogP contribution in [0.3, 0.4) is 0 Å². The van der Waals surface area contributed by atoms with Crippen LogP contribution in [0.5, 0.6) is 5.75 Å². The molecule has 3 N–H and O–H groups in total. The Labute approximate surface area is 189 Å². The summed E-state index contributed by atoms with van der Waals surface area (Å²) in [6.07, 6.45) is 2.10. The van der Waals surface area contributed by atoms with Gasteiger partial charge in [0.1, 0.15) is 23.5 Å². The van der Waals surface area contributed by atoms with Crippen LogP contribution in [0, 0.1) is 11.7 Å². The van der Waals surface area contributed by atoms with Gasteiger partial charge >= 0.3 is 6.61 Å². The molecular formula is C24H25F3N4O2. The molecule has 0 bridgehead atoms. The number of imidazole rings is 1. The number of ether oxygens (including phenoxy) is 1. The smallest absolute Gasteiger partial charge is 0.387 e. The molecule has 0 aliphatic carbocycles. The number of aliphatic hydroxyl groups is 1. The lowest BCUT2D eigenvalue weighted by molar-refractivity contribution is -0.0507. The number of benzene rings is 2. The Morgan fingerprint density at radius 1 is 1.33 bits per heavy atom. The van der Waals surface area contributed by atoms with Gasteiger partial charge in [-0.1, -0.05) is 32.0 Å². The van der Waals surface area contributed by atoms with Crippen LogP contribution in [0.4, 0.5) is 13.2 Å². The van der Waals surface area contributed by atoms with E-state index < -0.39 is 24.6 Å². The first-order valence-electron chi connectivity index (χ1n) is 10.7. The van der Waals surface area contributed by atoms with Gasteiger partial charge in [0.05, 0.1) is 17.1 Å². The van der Waals surface area contributed by atoms with Crippen molar-refractivity contribution in [1.29, 1.82) is 0 Å². The Morgan fingerprint density at radius 3 is 2.79 bits per heavy atom. The third kappa shape index (κ3) is 4.45. The van der Waals surface area contributed by atoms with Crippen LogP contribution in [-0.4, -0.2) is 34.0 Å². The average Bonchev–Trinajstić information content (AvgIpc) is 3.27. The molecule has 0 unspecified atom stereocenters. The number of nitrogens with two attached hydrogens (primary N) is 1. The molecule has 4 rings (SSSR count). The van der Waals surface area contributed by atoms with Gasteiger partial charge in [0.25, 0.3) is 0 Å². The van der Waals surface area contributed by atoms with E-state index in [9.17, 15) is 18.3 Å². The van der Waals surface area contributed by atoms with Gasteiger partial charge in [-0.15, -0.1) is 0 Å². The maximum Gasteiger partial charge on any atom is 0.387 e. The quantitative estimate of drug-likeness (QED) is 0.497. The Balaban J connectivity index is 1.83. The Kier molecular flexibility index (Phi) is 6.42. The lowest BCUT2D eigenvalue weighted by Crippen LogP contribution is -2.10. The minimum Gasteiger partial charge on any atom is -0.434 e. The first-order chi connectivity index (χ1) is 15.8. The number of halogens is 3. The van der Waals surface area contributed by atoms with Crippen molar-refractivity contribution in [2.75, 3.05) is 6.54 Å². The SMILES string of the molecule is CC(C)CN=CC(=CN)c1cc2c(cc1F)nc1n2[C@@H](c2ccccc2OC(F)F)C[C@H]1O. The van der Waals surface area contributed by atoms with E-state index in [0.29, 0.717) is 40.5 Å². The van der Waals surface area contributed by atoms with Crippen molar-refractivity contribution in [2.45, 2.75) is 39.0 Å². The predicted octanol–water partition coefficient (Wildman–Crippen LogP) is 4.83. The third-order valence-electron chi connectivity index (χ3n) is 5.55.